The van der Waals surface area contributed by atoms with E-state index in [-0.39, 0.29) is 6.61 Å². The van der Waals surface area contributed by atoms with Crippen LogP contribution < -0.4 is 0 Å². The molecule has 0 aromatic carbocycles. The smallest absolute Gasteiger partial charge is 0.0771 e. The number of hydrogen-bond donors (Lipinski definition) is 2. The van der Waals surface area contributed by atoms with Crippen molar-refractivity contribution in [2.75, 3.05) is 6.61 Å². The quantitative estimate of drug-likeness (QED) is 0.601. The van der Waals surface area contributed by atoms with E-state index in [1.165, 1.54) is 0 Å². The molecule has 64 valence electrons. The van der Waals surface area contributed by atoms with E-state index < -0.39 is 5.60 Å². The normalized spacial score (nSPS) is 13.5. The standard InChI is InChI=1S/C9H16O2/c1-9(2,11)7-5-3-4-6-8-10/h4-7,10-11H,3,8H2,1-2H3. The van der Waals surface area contributed by atoms with Crippen LogP contribution in [0.1, 0.15) is 20.3 Å². The number of allylic oxidation sites excluding steroid dienone is 2. The molecule has 0 aliphatic heterocycles. The topological polar surface area (TPSA) is 40.5 Å². The molecule has 0 aromatic rings. The van der Waals surface area contributed by atoms with E-state index in [0.717, 1.165) is 6.42 Å². The van der Waals surface area contributed by atoms with Crippen LogP contribution in [0.25, 0.3) is 0 Å². The monoisotopic (exact) mass is 156 g/mol. The van der Waals surface area contributed by atoms with Gasteiger partial charge in [0.15, 0.2) is 0 Å². The average molecular weight is 156 g/mol. The Bertz CT molecular complexity index is 140. The van der Waals surface area contributed by atoms with Crippen LogP contribution in [-0.2, 0) is 0 Å². The summed E-state index contributed by atoms with van der Waals surface area (Å²) in [6.07, 6.45) is 7.88. The van der Waals surface area contributed by atoms with E-state index in [0.29, 0.717) is 0 Å². The molecule has 0 atom stereocenters. The molecule has 0 rings (SSSR count). The van der Waals surface area contributed by atoms with Crippen LogP contribution in [0.4, 0.5) is 0 Å². The molecule has 11 heavy (non-hydrogen) atoms. The van der Waals surface area contributed by atoms with Gasteiger partial charge < -0.3 is 10.2 Å². The van der Waals surface area contributed by atoms with Crippen molar-refractivity contribution in [1.29, 1.82) is 0 Å². The van der Waals surface area contributed by atoms with Gasteiger partial charge in [0.05, 0.1) is 12.2 Å². The minimum atomic E-state index is -0.729. The van der Waals surface area contributed by atoms with Gasteiger partial charge >= 0.3 is 0 Å². The van der Waals surface area contributed by atoms with E-state index in [1.54, 1.807) is 26.0 Å². The predicted molar refractivity (Wildman–Crippen MR) is 46.3 cm³/mol. The summed E-state index contributed by atoms with van der Waals surface area (Å²) >= 11 is 0. The van der Waals surface area contributed by atoms with E-state index in [9.17, 15) is 5.11 Å². The highest BCUT2D eigenvalue weighted by Gasteiger charge is 2.04. The number of aliphatic hydroxyl groups is 2. The molecule has 0 bridgehead atoms. The van der Waals surface area contributed by atoms with Crippen molar-refractivity contribution in [3.63, 3.8) is 0 Å². The first-order valence-electron chi connectivity index (χ1n) is 3.72. The second kappa shape index (κ2) is 5.10. The Morgan fingerprint density at radius 3 is 2.27 bits per heavy atom. The van der Waals surface area contributed by atoms with Crippen molar-refractivity contribution >= 4 is 0 Å². The van der Waals surface area contributed by atoms with Crippen molar-refractivity contribution in [2.24, 2.45) is 0 Å². The molecule has 0 aliphatic rings. The zero-order valence-corrected chi connectivity index (χ0v) is 7.12. The fraction of sp³-hybridized carbons (Fsp3) is 0.556. The SMILES string of the molecule is CC(C)(O)C=CCC=CCO. The van der Waals surface area contributed by atoms with Gasteiger partial charge in [-0.2, -0.15) is 0 Å². The largest absolute Gasteiger partial charge is 0.392 e. The lowest BCUT2D eigenvalue weighted by Crippen LogP contribution is -2.13. The van der Waals surface area contributed by atoms with Gasteiger partial charge in [-0.25, -0.2) is 0 Å². The van der Waals surface area contributed by atoms with Gasteiger partial charge in [-0.05, 0) is 20.3 Å². The van der Waals surface area contributed by atoms with E-state index in [1.807, 2.05) is 12.2 Å². The van der Waals surface area contributed by atoms with E-state index in [2.05, 4.69) is 0 Å². The van der Waals surface area contributed by atoms with Gasteiger partial charge in [-0.1, -0.05) is 24.3 Å². The van der Waals surface area contributed by atoms with Gasteiger partial charge in [-0.15, -0.1) is 0 Å². The summed E-state index contributed by atoms with van der Waals surface area (Å²) in [4.78, 5) is 0. The van der Waals surface area contributed by atoms with E-state index >= 15 is 0 Å². The average Bonchev–Trinajstić information content (AvgIpc) is 1.85. The Hall–Kier alpha value is -0.600. The second-order valence-corrected chi connectivity index (χ2v) is 2.95. The molecule has 0 amide bonds. The van der Waals surface area contributed by atoms with Crippen molar-refractivity contribution in [1.82, 2.24) is 0 Å². The molecule has 0 unspecified atom stereocenters. The van der Waals surface area contributed by atoms with Crippen molar-refractivity contribution in [3.05, 3.63) is 24.3 Å². The maximum atomic E-state index is 9.21. The van der Waals surface area contributed by atoms with Crippen LogP contribution in [0.15, 0.2) is 24.3 Å². The van der Waals surface area contributed by atoms with Crippen LogP contribution >= 0.6 is 0 Å². The highest BCUT2D eigenvalue weighted by Crippen LogP contribution is 2.02. The van der Waals surface area contributed by atoms with Gasteiger partial charge in [0.25, 0.3) is 0 Å². The molecular formula is C9H16O2. The lowest BCUT2D eigenvalue weighted by atomic mass is 10.1. The minimum absolute atomic E-state index is 0.0797. The second-order valence-electron chi connectivity index (χ2n) is 2.95. The number of aliphatic hydroxyl groups excluding tert-OH is 1. The molecule has 0 aliphatic carbocycles. The van der Waals surface area contributed by atoms with Crippen LogP contribution in [0.3, 0.4) is 0 Å². The molecule has 0 saturated carbocycles. The number of rotatable bonds is 4. The molecule has 0 fully saturated rings. The van der Waals surface area contributed by atoms with Gasteiger partial charge in [0.2, 0.25) is 0 Å². The first kappa shape index (κ1) is 10.4. The fourth-order valence-corrected chi connectivity index (χ4v) is 0.606. The number of hydrogen-bond acceptors (Lipinski definition) is 2. The van der Waals surface area contributed by atoms with Gasteiger partial charge in [0.1, 0.15) is 0 Å². The van der Waals surface area contributed by atoms with Gasteiger partial charge in [-0.3, -0.25) is 0 Å². The molecule has 2 heteroatoms. The van der Waals surface area contributed by atoms with Crippen LogP contribution in [0, 0.1) is 0 Å². The summed E-state index contributed by atoms with van der Waals surface area (Å²) in [6.45, 7) is 3.52. The van der Waals surface area contributed by atoms with Crippen LogP contribution in [0.5, 0.6) is 0 Å². The lowest BCUT2D eigenvalue weighted by molar-refractivity contribution is 0.133. The third-order valence-electron chi connectivity index (χ3n) is 1.07. The summed E-state index contributed by atoms with van der Waals surface area (Å²) in [7, 11) is 0. The van der Waals surface area contributed by atoms with Crippen molar-refractivity contribution in [2.45, 2.75) is 25.9 Å². The predicted octanol–water partition coefficient (Wildman–Crippen LogP) is 1.25. The van der Waals surface area contributed by atoms with Crippen molar-refractivity contribution in [3.8, 4) is 0 Å². The maximum Gasteiger partial charge on any atom is 0.0771 e. The molecule has 2 nitrogen and oxygen atoms in total. The zero-order valence-electron chi connectivity index (χ0n) is 7.12. The van der Waals surface area contributed by atoms with Crippen LogP contribution in [0.2, 0.25) is 0 Å². The molecule has 0 saturated heterocycles. The summed E-state index contributed by atoms with van der Waals surface area (Å²) in [5.41, 5.74) is -0.729. The Labute approximate surface area is 67.9 Å². The molecule has 0 spiro atoms. The zero-order chi connectivity index (χ0) is 8.74. The van der Waals surface area contributed by atoms with Crippen molar-refractivity contribution < 1.29 is 10.2 Å². The molecule has 0 aromatic heterocycles. The van der Waals surface area contributed by atoms with Gasteiger partial charge in [0, 0.05) is 0 Å². The molecular weight excluding hydrogens is 140 g/mol. The summed E-state index contributed by atoms with van der Waals surface area (Å²) < 4.78 is 0. The fourth-order valence-electron chi connectivity index (χ4n) is 0.606. The van der Waals surface area contributed by atoms with Crippen LogP contribution in [-0.4, -0.2) is 22.4 Å². The summed E-state index contributed by atoms with van der Waals surface area (Å²) in [5, 5.41) is 17.6. The molecule has 0 heterocycles. The minimum Gasteiger partial charge on any atom is -0.392 e. The highest BCUT2D eigenvalue weighted by molar-refractivity contribution is 4.99. The van der Waals surface area contributed by atoms with E-state index in [4.69, 9.17) is 5.11 Å². The first-order valence-corrected chi connectivity index (χ1v) is 3.72. The third kappa shape index (κ3) is 9.40. The molecule has 2 N–H and O–H groups in total. The Morgan fingerprint density at radius 2 is 1.82 bits per heavy atom. The maximum absolute atomic E-state index is 9.21. The first-order chi connectivity index (χ1) is 5.06. The third-order valence-corrected chi connectivity index (χ3v) is 1.07. The summed E-state index contributed by atoms with van der Waals surface area (Å²) in [5.74, 6) is 0. The summed E-state index contributed by atoms with van der Waals surface area (Å²) in [6, 6.07) is 0. The molecule has 0 radical (unpaired) electrons. The highest BCUT2D eigenvalue weighted by atomic mass is 16.3. The Balaban J connectivity index is 3.53. The Morgan fingerprint density at radius 1 is 1.18 bits per heavy atom. The lowest BCUT2D eigenvalue weighted by Gasteiger charge is -2.09. The Kier molecular flexibility index (Phi) is 4.83.